The summed E-state index contributed by atoms with van der Waals surface area (Å²) < 4.78 is 0. The van der Waals surface area contributed by atoms with Gasteiger partial charge in [-0.05, 0) is 36.1 Å². The third-order valence-electron chi connectivity index (χ3n) is 3.46. The minimum atomic E-state index is 0.0818. The smallest absolute Gasteiger partial charge is 0.167 e. The number of carbonyl (C=O) groups excluding carboxylic acids is 1. The van der Waals surface area contributed by atoms with Gasteiger partial charge in [0.05, 0.1) is 6.04 Å². The van der Waals surface area contributed by atoms with E-state index in [0.717, 1.165) is 11.3 Å². The molecule has 0 saturated heterocycles. The van der Waals surface area contributed by atoms with Crippen molar-refractivity contribution in [2.45, 2.75) is 17.4 Å². The highest BCUT2D eigenvalue weighted by Crippen LogP contribution is 2.32. The average Bonchev–Trinajstić information content (AvgIpc) is 2.47. The van der Waals surface area contributed by atoms with Crippen LogP contribution in [0.3, 0.4) is 0 Å². The van der Waals surface area contributed by atoms with Crippen LogP contribution in [0.4, 0.5) is 5.69 Å². The molecule has 1 heterocycles. The number of para-hydroxylation sites is 1. The first-order chi connectivity index (χ1) is 9.28. The molecule has 2 aromatic carbocycles. The summed E-state index contributed by atoms with van der Waals surface area (Å²) in [7, 11) is 0. The van der Waals surface area contributed by atoms with E-state index in [1.54, 1.807) is 11.8 Å². The predicted octanol–water partition coefficient (Wildman–Crippen LogP) is 4.15. The Morgan fingerprint density at radius 2 is 1.84 bits per heavy atom. The Labute approximate surface area is 117 Å². The van der Waals surface area contributed by atoms with E-state index in [-0.39, 0.29) is 11.8 Å². The SMILES string of the molecule is CSc1ccc(C2CC(=O)c3ccccc3N2)cc1. The Bertz CT molecular complexity index is 606. The van der Waals surface area contributed by atoms with Crippen molar-refractivity contribution in [2.24, 2.45) is 0 Å². The molecule has 1 atom stereocenters. The molecule has 1 N–H and O–H groups in total. The van der Waals surface area contributed by atoms with Crippen molar-refractivity contribution in [3.8, 4) is 0 Å². The molecule has 0 aromatic heterocycles. The fourth-order valence-electron chi connectivity index (χ4n) is 2.42. The molecule has 2 aromatic rings. The van der Waals surface area contributed by atoms with Gasteiger partial charge < -0.3 is 5.32 Å². The van der Waals surface area contributed by atoms with Crippen LogP contribution in [0.25, 0.3) is 0 Å². The highest BCUT2D eigenvalue weighted by Gasteiger charge is 2.24. The molecule has 96 valence electrons. The zero-order chi connectivity index (χ0) is 13.2. The number of anilines is 1. The molecule has 3 heteroatoms. The molecule has 2 nitrogen and oxygen atoms in total. The first-order valence-electron chi connectivity index (χ1n) is 6.30. The summed E-state index contributed by atoms with van der Waals surface area (Å²) in [5.41, 5.74) is 2.91. The van der Waals surface area contributed by atoms with Crippen LogP contribution in [0.15, 0.2) is 53.4 Å². The summed E-state index contributed by atoms with van der Waals surface area (Å²) in [6.07, 6.45) is 2.59. The minimum Gasteiger partial charge on any atom is -0.377 e. The quantitative estimate of drug-likeness (QED) is 0.830. The predicted molar refractivity (Wildman–Crippen MR) is 80.0 cm³/mol. The highest BCUT2D eigenvalue weighted by molar-refractivity contribution is 7.98. The molecule has 0 saturated carbocycles. The molecule has 1 aliphatic rings. The van der Waals surface area contributed by atoms with Gasteiger partial charge in [0.1, 0.15) is 0 Å². The van der Waals surface area contributed by atoms with Gasteiger partial charge in [-0.3, -0.25) is 4.79 Å². The van der Waals surface area contributed by atoms with Crippen molar-refractivity contribution in [3.05, 3.63) is 59.7 Å². The fourth-order valence-corrected chi connectivity index (χ4v) is 2.83. The number of fused-ring (bicyclic) bond motifs is 1. The van der Waals surface area contributed by atoms with Gasteiger partial charge in [0, 0.05) is 22.6 Å². The molecule has 0 radical (unpaired) electrons. The second-order valence-corrected chi connectivity index (χ2v) is 5.52. The lowest BCUT2D eigenvalue weighted by molar-refractivity contribution is 0.0972. The molecule has 0 spiro atoms. The molecule has 0 amide bonds. The standard InChI is InChI=1S/C16H15NOS/c1-19-12-8-6-11(7-9-12)15-10-16(18)13-4-2-3-5-14(13)17-15/h2-9,15,17H,10H2,1H3. The Morgan fingerprint density at radius 1 is 1.11 bits per heavy atom. The summed E-state index contributed by atoms with van der Waals surface area (Å²) in [4.78, 5) is 13.4. The number of nitrogens with one attached hydrogen (secondary N) is 1. The van der Waals surface area contributed by atoms with E-state index in [4.69, 9.17) is 0 Å². The normalized spacial score (nSPS) is 17.7. The number of hydrogen-bond donors (Lipinski definition) is 1. The molecule has 0 fully saturated rings. The van der Waals surface area contributed by atoms with Gasteiger partial charge in [0.25, 0.3) is 0 Å². The van der Waals surface area contributed by atoms with Crippen molar-refractivity contribution in [2.75, 3.05) is 11.6 Å². The van der Waals surface area contributed by atoms with Gasteiger partial charge >= 0.3 is 0 Å². The third-order valence-corrected chi connectivity index (χ3v) is 4.21. The Morgan fingerprint density at radius 3 is 2.58 bits per heavy atom. The Kier molecular flexibility index (Phi) is 3.30. The molecular weight excluding hydrogens is 254 g/mol. The van der Waals surface area contributed by atoms with Crippen molar-refractivity contribution < 1.29 is 4.79 Å². The lowest BCUT2D eigenvalue weighted by Crippen LogP contribution is -2.22. The molecule has 19 heavy (non-hydrogen) atoms. The van der Waals surface area contributed by atoms with Crippen molar-refractivity contribution in [3.63, 3.8) is 0 Å². The zero-order valence-corrected chi connectivity index (χ0v) is 11.5. The zero-order valence-electron chi connectivity index (χ0n) is 10.7. The topological polar surface area (TPSA) is 29.1 Å². The van der Waals surface area contributed by atoms with Crippen molar-refractivity contribution in [1.82, 2.24) is 0 Å². The summed E-state index contributed by atoms with van der Waals surface area (Å²) >= 11 is 1.73. The van der Waals surface area contributed by atoms with Crippen molar-refractivity contribution >= 4 is 23.2 Å². The first-order valence-corrected chi connectivity index (χ1v) is 7.53. The van der Waals surface area contributed by atoms with Gasteiger partial charge in [-0.1, -0.05) is 24.3 Å². The number of hydrogen-bond acceptors (Lipinski definition) is 3. The van der Waals surface area contributed by atoms with Gasteiger partial charge in [0.2, 0.25) is 0 Å². The van der Waals surface area contributed by atoms with E-state index in [0.29, 0.717) is 6.42 Å². The van der Waals surface area contributed by atoms with Crippen LogP contribution in [0.2, 0.25) is 0 Å². The van der Waals surface area contributed by atoms with Crippen LogP contribution in [-0.2, 0) is 0 Å². The minimum absolute atomic E-state index is 0.0818. The van der Waals surface area contributed by atoms with E-state index >= 15 is 0 Å². The molecular formula is C16H15NOS. The van der Waals surface area contributed by atoms with Crippen LogP contribution in [-0.4, -0.2) is 12.0 Å². The van der Waals surface area contributed by atoms with Gasteiger partial charge in [0.15, 0.2) is 5.78 Å². The van der Waals surface area contributed by atoms with E-state index in [1.165, 1.54) is 10.5 Å². The van der Waals surface area contributed by atoms with Gasteiger partial charge in [-0.15, -0.1) is 11.8 Å². The van der Waals surface area contributed by atoms with E-state index in [9.17, 15) is 4.79 Å². The summed E-state index contributed by atoms with van der Waals surface area (Å²) in [6.45, 7) is 0. The number of benzene rings is 2. The molecule has 1 aliphatic heterocycles. The molecule has 0 aliphatic carbocycles. The fraction of sp³-hybridized carbons (Fsp3) is 0.188. The maximum absolute atomic E-state index is 12.1. The summed E-state index contributed by atoms with van der Waals surface area (Å²) in [5, 5.41) is 3.45. The maximum Gasteiger partial charge on any atom is 0.167 e. The van der Waals surface area contributed by atoms with E-state index < -0.39 is 0 Å². The number of rotatable bonds is 2. The first kappa shape index (κ1) is 12.3. The molecule has 0 bridgehead atoms. The lowest BCUT2D eigenvalue weighted by Gasteiger charge is -2.26. The number of thioether (sulfide) groups is 1. The van der Waals surface area contributed by atoms with E-state index in [1.807, 2.05) is 24.3 Å². The largest absolute Gasteiger partial charge is 0.377 e. The van der Waals surface area contributed by atoms with Crippen LogP contribution < -0.4 is 5.32 Å². The van der Waals surface area contributed by atoms with Crippen molar-refractivity contribution in [1.29, 1.82) is 0 Å². The van der Waals surface area contributed by atoms with E-state index in [2.05, 4.69) is 35.8 Å². The second kappa shape index (κ2) is 5.10. The van der Waals surface area contributed by atoms with Gasteiger partial charge in [-0.25, -0.2) is 0 Å². The number of ketones is 1. The summed E-state index contributed by atoms with van der Waals surface area (Å²) in [5.74, 6) is 0.216. The number of Topliss-reactive ketones (excluding diaryl/α,β-unsaturated/α-hetero) is 1. The Hall–Kier alpha value is -1.74. The maximum atomic E-state index is 12.1. The van der Waals surface area contributed by atoms with Crippen LogP contribution in [0, 0.1) is 0 Å². The molecule has 3 rings (SSSR count). The van der Waals surface area contributed by atoms with Crippen LogP contribution >= 0.6 is 11.8 Å². The van der Waals surface area contributed by atoms with Crippen LogP contribution in [0.1, 0.15) is 28.4 Å². The Balaban J connectivity index is 1.90. The monoisotopic (exact) mass is 269 g/mol. The van der Waals surface area contributed by atoms with Crippen LogP contribution in [0.5, 0.6) is 0 Å². The summed E-state index contributed by atoms with van der Waals surface area (Å²) in [6, 6.07) is 16.2. The molecule has 1 unspecified atom stereocenters. The highest BCUT2D eigenvalue weighted by atomic mass is 32.2. The lowest BCUT2D eigenvalue weighted by atomic mass is 9.92. The third kappa shape index (κ3) is 2.38. The number of carbonyl (C=O) groups is 1. The second-order valence-electron chi connectivity index (χ2n) is 4.64. The average molecular weight is 269 g/mol. The van der Waals surface area contributed by atoms with Gasteiger partial charge in [-0.2, -0.15) is 0 Å².